The molecule has 0 saturated carbocycles. The fraction of sp³-hybridized carbons (Fsp3) is 0.450. The minimum Gasteiger partial charge on any atom is -0.461 e. The van der Waals surface area contributed by atoms with Crippen LogP contribution in [0, 0.1) is 5.92 Å². The van der Waals surface area contributed by atoms with Gasteiger partial charge in [0.2, 0.25) is 18.3 Å². The van der Waals surface area contributed by atoms with Gasteiger partial charge in [-0.3, -0.25) is 4.79 Å². The summed E-state index contributed by atoms with van der Waals surface area (Å²) >= 11 is 0. The van der Waals surface area contributed by atoms with Crippen LogP contribution >= 0.6 is 0 Å². The highest BCUT2D eigenvalue weighted by molar-refractivity contribution is 5.91. The van der Waals surface area contributed by atoms with Crippen LogP contribution in [0.25, 0.3) is 11.0 Å². The van der Waals surface area contributed by atoms with E-state index in [4.69, 9.17) is 23.4 Å². The summed E-state index contributed by atoms with van der Waals surface area (Å²) in [5.74, 6) is -0.101. The third-order valence-corrected chi connectivity index (χ3v) is 5.34. The Bertz CT molecular complexity index is 1040. The number of carbonyl (C=O) groups is 2. The summed E-state index contributed by atoms with van der Waals surface area (Å²) < 4.78 is 27.8. The van der Waals surface area contributed by atoms with E-state index in [1.54, 1.807) is 12.1 Å². The highest BCUT2D eigenvalue weighted by atomic mass is 16.8. The second-order valence-electron chi connectivity index (χ2n) is 7.74. The Labute approximate surface area is 165 Å². The van der Waals surface area contributed by atoms with Crippen molar-refractivity contribution in [2.75, 3.05) is 5.32 Å². The molecule has 1 amide bonds. The zero-order valence-electron chi connectivity index (χ0n) is 16.4. The third-order valence-electron chi connectivity index (χ3n) is 5.34. The van der Waals surface area contributed by atoms with Crippen molar-refractivity contribution in [2.45, 2.75) is 51.8 Å². The lowest BCUT2D eigenvalue weighted by Crippen LogP contribution is -2.58. The van der Waals surface area contributed by atoms with Crippen molar-refractivity contribution in [3.05, 3.63) is 34.7 Å². The largest absolute Gasteiger partial charge is 0.509 e. The lowest BCUT2D eigenvalue weighted by atomic mass is 9.82. The van der Waals surface area contributed by atoms with Crippen LogP contribution < -0.4 is 15.7 Å². The molecule has 1 aromatic heterocycles. The maximum Gasteiger partial charge on any atom is 0.509 e. The molecule has 2 aromatic rings. The van der Waals surface area contributed by atoms with Crippen molar-refractivity contribution in [3.63, 3.8) is 0 Å². The maximum absolute atomic E-state index is 12.1. The molecule has 1 N–H and O–H groups in total. The average Bonchev–Trinajstić information content (AvgIpc) is 3.02. The second-order valence-corrected chi connectivity index (χ2v) is 7.74. The van der Waals surface area contributed by atoms with Crippen LogP contribution in [-0.4, -0.2) is 36.2 Å². The first-order valence-electron chi connectivity index (χ1n) is 9.21. The number of rotatable bonds is 3. The van der Waals surface area contributed by atoms with Gasteiger partial charge in [-0.15, -0.1) is 0 Å². The summed E-state index contributed by atoms with van der Waals surface area (Å²) in [6, 6.07) is 6.41. The predicted molar refractivity (Wildman–Crippen MR) is 101 cm³/mol. The molecule has 154 valence electrons. The topological polar surface area (TPSA) is 113 Å². The van der Waals surface area contributed by atoms with Crippen LogP contribution in [0.3, 0.4) is 0 Å². The second kappa shape index (κ2) is 6.77. The Morgan fingerprint density at radius 2 is 1.86 bits per heavy atom. The van der Waals surface area contributed by atoms with E-state index in [1.807, 2.05) is 20.8 Å². The molecule has 2 fully saturated rings. The Kier molecular flexibility index (Phi) is 4.49. The average molecular weight is 403 g/mol. The molecule has 4 rings (SSSR count). The standard InChI is InChI=1S/C20H21NO8/c1-9-15-16(28-19(24)27-15)18(29-20(9,3)4)25-12-6-5-11-7-13(21-10(2)22)17(23)26-14(11)8-12/h5-9,15-16,18H,1-4H3,(H,21,22)/t9-,15-,16+,18?/m1/s1. The molecule has 2 aliphatic heterocycles. The normalized spacial score (nSPS) is 27.7. The van der Waals surface area contributed by atoms with Gasteiger partial charge in [-0.25, -0.2) is 9.59 Å². The van der Waals surface area contributed by atoms with Crippen molar-refractivity contribution < 1.29 is 33.0 Å². The van der Waals surface area contributed by atoms with Gasteiger partial charge in [0.25, 0.3) is 0 Å². The van der Waals surface area contributed by atoms with Gasteiger partial charge in [0.1, 0.15) is 17.0 Å². The number of anilines is 1. The number of fused-ring (bicyclic) bond motifs is 2. The quantitative estimate of drug-likeness (QED) is 0.615. The van der Waals surface area contributed by atoms with Crippen LogP contribution in [0.4, 0.5) is 10.5 Å². The van der Waals surface area contributed by atoms with Crippen molar-refractivity contribution in [1.82, 2.24) is 0 Å². The molecule has 0 bridgehead atoms. The monoisotopic (exact) mass is 403 g/mol. The molecule has 1 unspecified atom stereocenters. The predicted octanol–water partition coefficient (Wildman–Crippen LogP) is 2.81. The Hall–Kier alpha value is -3.07. The molecule has 2 aliphatic rings. The van der Waals surface area contributed by atoms with Crippen molar-refractivity contribution in [2.24, 2.45) is 5.92 Å². The summed E-state index contributed by atoms with van der Waals surface area (Å²) in [7, 11) is 0. The lowest BCUT2D eigenvalue weighted by Gasteiger charge is -2.44. The zero-order valence-corrected chi connectivity index (χ0v) is 16.4. The van der Waals surface area contributed by atoms with Gasteiger partial charge in [0.05, 0.1) is 5.60 Å². The van der Waals surface area contributed by atoms with Crippen LogP contribution in [0.15, 0.2) is 33.5 Å². The minimum atomic E-state index is -0.888. The van der Waals surface area contributed by atoms with Crippen molar-refractivity contribution >= 4 is 28.7 Å². The molecule has 0 radical (unpaired) electrons. The number of nitrogens with one attached hydrogen (secondary N) is 1. The van der Waals surface area contributed by atoms with E-state index >= 15 is 0 Å². The van der Waals surface area contributed by atoms with E-state index in [0.717, 1.165) is 0 Å². The van der Waals surface area contributed by atoms with Gasteiger partial charge in [-0.1, -0.05) is 6.92 Å². The summed E-state index contributed by atoms with van der Waals surface area (Å²) in [4.78, 5) is 34.9. The third kappa shape index (κ3) is 3.53. The molecule has 2 saturated heterocycles. The molecule has 4 atom stereocenters. The van der Waals surface area contributed by atoms with Crippen LogP contribution in [-0.2, 0) is 19.0 Å². The lowest BCUT2D eigenvalue weighted by molar-refractivity contribution is -0.260. The van der Waals surface area contributed by atoms with E-state index < -0.39 is 35.9 Å². The van der Waals surface area contributed by atoms with Gasteiger partial charge in [-0.05, 0) is 32.0 Å². The zero-order chi connectivity index (χ0) is 20.9. The van der Waals surface area contributed by atoms with Gasteiger partial charge >= 0.3 is 11.8 Å². The molecule has 0 spiro atoms. The van der Waals surface area contributed by atoms with Gasteiger partial charge in [-0.2, -0.15) is 0 Å². The Morgan fingerprint density at radius 3 is 2.59 bits per heavy atom. The first kappa shape index (κ1) is 19.3. The first-order valence-corrected chi connectivity index (χ1v) is 9.21. The highest BCUT2D eigenvalue weighted by Crippen LogP contribution is 2.40. The first-order chi connectivity index (χ1) is 13.6. The Balaban J connectivity index is 1.62. The van der Waals surface area contributed by atoms with Crippen LogP contribution in [0.1, 0.15) is 27.7 Å². The fourth-order valence-electron chi connectivity index (χ4n) is 3.52. The molecular formula is C20H21NO8. The number of carbonyl (C=O) groups excluding carboxylic acids is 2. The number of amides is 1. The smallest absolute Gasteiger partial charge is 0.461 e. The van der Waals surface area contributed by atoms with E-state index in [-0.39, 0.29) is 23.1 Å². The van der Waals surface area contributed by atoms with Crippen molar-refractivity contribution in [1.29, 1.82) is 0 Å². The van der Waals surface area contributed by atoms with Crippen molar-refractivity contribution in [3.8, 4) is 5.75 Å². The summed E-state index contributed by atoms with van der Waals surface area (Å²) in [6.45, 7) is 7.01. The molecule has 1 aromatic carbocycles. The van der Waals surface area contributed by atoms with Gasteiger partial charge in [0, 0.05) is 24.3 Å². The summed E-state index contributed by atoms with van der Waals surface area (Å²) in [5.41, 5.74) is -0.952. The highest BCUT2D eigenvalue weighted by Gasteiger charge is 2.56. The maximum atomic E-state index is 12.1. The molecule has 0 aliphatic carbocycles. The van der Waals surface area contributed by atoms with E-state index in [9.17, 15) is 14.4 Å². The number of hydrogen-bond acceptors (Lipinski definition) is 8. The van der Waals surface area contributed by atoms with Gasteiger partial charge in [0.15, 0.2) is 6.10 Å². The van der Waals surface area contributed by atoms with E-state index in [0.29, 0.717) is 11.1 Å². The SMILES string of the molecule is CC(=O)Nc1cc2ccc(OC3OC(C)(C)[C@H](C)[C@H]4OC(=O)O[C@H]34)cc2oc1=O. The number of hydrogen-bond donors (Lipinski definition) is 1. The molecule has 29 heavy (non-hydrogen) atoms. The number of ether oxygens (including phenoxy) is 4. The minimum absolute atomic E-state index is 0.0582. The number of benzene rings is 1. The summed E-state index contributed by atoms with van der Waals surface area (Å²) in [5, 5.41) is 3.03. The molecule has 3 heterocycles. The van der Waals surface area contributed by atoms with Crippen LogP contribution in [0.2, 0.25) is 0 Å². The molecular weight excluding hydrogens is 382 g/mol. The van der Waals surface area contributed by atoms with E-state index in [1.165, 1.54) is 19.1 Å². The van der Waals surface area contributed by atoms with Crippen LogP contribution in [0.5, 0.6) is 5.75 Å². The van der Waals surface area contributed by atoms with E-state index in [2.05, 4.69) is 5.32 Å². The molecule has 9 nitrogen and oxygen atoms in total. The molecule has 9 heteroatoms. The van der Waals surface area contributed by atoms with Gasteiger partial charge < -0.3 is 28.7 Å². The Morgan fingerprint density at radius 1 is 1.14 bits per heavy atom. The fourth-order valence-corrected chi connectivity index (χ4v) is 3.52. The summed E-state index contributed by atoms with van der Waals surface area (Å²) in [6.07, 6.45) is -2.84.